The molecular formula is C19H26O3S. The van der Waals surface area contributed by atoms with Gasteiger partial charge in [0.15, 0.2) is 0 Å². The van der Waals surface area contributed by atoms with Gasteiger partial charge in [-0.3, -0.25) is 9.59 Å². The fourth-order valence-corrected chi connectivity index (χ4v) is 3.98. The van der Waals surface area contributed by atoms with Crippen molar-refractivity contribution in [3.8, 4) is 0 Å². The van der Waals surface area contributed by atoms with Crippen LogP contribution in [-0.4, -0.2) is 17.2 Å². The van der Waals surface area contributed by atoms with Crippen molar-refractivity contribution < 1.29 is 14.3 Å². The Morgan fingerprint density at radius 3 is 2.57 bits per heavy atom. The van der Waals surface area contributed by atoms with Crippen LogP contribution < -0.4 is 0 Å². The van der Waals surface area contributed by atoms with Crippen LogP contribution in [0.2, 0.25) is 0 Å². The van der Waals surface area contributed by atoms with Gasteiger partial charge in [0.1, 0.15) is 12.5 Å². The summed E-state index contributed by atoms with van der Waals surface area (Å²) in [4.78, 5) is 25.0. The van der Waals surface area contributed by atoms with E-state index in [0.29, 0.717) is 17.8 Å². The van der Waals surface area contributed by atoms with Crippen molar-refractivity contribution >= 4 is 22.8 Å². The van der Waals surface area contributed by atoms with E-state index in [4.69, 9.17) is 4.74 Å². The highest BCUT2D eigenvalue weighted by Crippen LogP contribution is 2.35. The van der Waals surface area contributed by atoms with Gasteiger partial charge in [0.05, 0.1) is 0 Å². The van der Waals surface area contributed by atoms with E-state index < -0.39 is 0 Å². The molecule has 1 fully saturated rings. The fraction of sp³-hybridized carbons (Fsp3) is 0.579. The van der Waals surface area contributed by atoms with Crippen LogP contribution in [0.4, 0.5) is 0 Å². The van der Waals surface area contributed by atoms with Gasteiger partial charge in [-0.1, -0.05) is 57.2 Å². The molecule has 0 bridgehead atoms. The third-order valence-electron chi connectivity index (χ3n) is 4.51. The molecule has 1 aliphatic rings. The second-order valence-corrected chi connectivity index (χ2v) is 7.95. The first-order valence-corrected chi connectivity index (χ1v) is 9.22. The van der Waals surface area contributed by atoms with Gasteiger partial charge < -0.3 is 4.74 Å². The Bertz CT molecular complexity index is 527. The Kier molecular flexibility index (Phi) is 6.70. The highest BCUT2D eigenvalue weighted by Gasteiger charge is 2.33. The normalized spacial score (nSPS) is 24.4. The first-order valence-electron chi connectivity index (χ1n) is 8.41. The minimum atomic E-state index is -0.386. The van der Waals surface area contributed by atoms with E-state index in [1.54, 1.807) is 0 Å². The van der Waals surface area contributed by atoms with Crippen LogP contribution in [0, 0.1) is 17.8 Å². The Morgan fingerprint density at radius 2 is 1.91 bits per heavy atom. The molecule has 3 unspecified atom stereocenters. The lowest BCUT2D eigenvalue weighted by Crippen LogP contribution is -2.36. The molecule has 0 amide bonds. The third kappa shape index (κ3) is 5.69. The van der Waals surface area contributed by atoms with Gasteiger partial charge >= 0.3 is 5.97 Å². The van der Waals surface area contributed by atoms with E-state index in [1.165, 1.54) is 6.42 Å². The van der Waals surface area contributed by atoms with E-state index in [9.17, 15) is 9.59 Å². The van der Waals surface area contributed by atoms with Gasteiger partial charge in [0, 0.05) is 4.90 Å². The molecule has 0 aliphatic heterocycles. The maximum Gasteiger partial charge on any atom is 0.314 e. The SMILES string of the molecule is CC1CCC(C(C)C)C(OC(=O)CC(=O)Sc2ccccc2)C1. The molecule has 0 spiro atoms. The van der Waals surface area contributed by atoms with Gasteiger partial charge in [-0.2, -0.15) is 0 Å². The van der Waals surface area contributed by atoms with Gasteiger partial charge in [-0.25, -0.2) is 0 Å². The van der Waals surface area contributed by atoms with Crippen molar-refractivity contribution in [2.24, 2.45) is 17.8 Å². The summed E-state index contributed by atoms with van der Waals surface area (Å²) in [5.74, 6) is 1.10. The minimum Gasteiger partial charge on any atom is -0.462 e. The van der Waals surface area contributed by atoms with Crippen LogP contribution in [0.25, 0.3) is 0 Å². The molecule has 2 rings (SSSR count). The summed E-state index contributed by atoms with van der Waals surface area (Å²) in [6, 6.07) is 9.39. The first-order chi connectivity index (χ1) is 11.0. The molecule has 0 N–H and O–H groups in total. The summed E-state index contributed by atoms with van der Waals surface area (Å²) in [6.07, 6.45) is 3.01. The molecule has 1 saturated carbocycles. The minimum absolute atomic E-state index is 0.0409. The Hall–Kier alpha value is -1.29. The quantitative estimate of drug-likeness (QED) is 0.445. The lowest BCUT2D eigenvalue weighted by molar-refractivity contribution is -0.156. The number of esters is 1. The number of benzene rings is 1. The number of ether oxygens (including phenoxy) is 1. The third-order valence-corrected chi connectivity index (χ3v) is 5.39. The molecular weight excluding hydrogens is 308 g/mol. The monoisotopic (exact) mass is 334 g/mol. The maximum absolute atomic E-state index is 12.1. The lowest BCUT2D eigenvalue weighted by Gasteiger charge is -2.36. The van der Waals surface area contributed by atoms with Crippen molar-refractivity contribution in [2.45, 2.75) is 57.5 Å². The zero-order valence-electron chi connectivity index (χ0n) is 14.2. The predicted molar refractivity (Wildman–Crippen MR) is 93.1 cm³/mol. The van der Waals surface area contributed by atoms with Crippen LogP contribution in [0.1, 0.15) is 46.5 Å². The number of carbonyl (C=O) groups is 2. The summed E-state index contributed by atoms with van der Waals surface area (Å²) in [5, 5.41) is -0.161. The van der Waals surface area contributed by atoms with Crippen molar-refractivity contribution in [1.82, 2.24) is 0 Å². The molecule has 0 heterocycles. The number of thioether (sulfide) groups is 1. The predicted octanol–water partition coefficient (Wildman–Crippen LogP) is 4.70. The highest BCUT2D eigenvalue weighted by atomic mass is 32.2. The smallest absolute Gasteiger partial charge is 0.314 e. The van der Waals surface area contributed by atoms with Crippen molar-refractivity contribution in [3.63, 3.8) is 0 Å². The molecule has 3 atom stereocenters. The molecule has 1 aromatic rings. The summed E-state index contributed by atoms with van der Waals surface area (Å²) >= 11 is 1.10. The van der Waals surface area contributed by atoms with E-state index >= 15 is 0 Å². The largest absolute Gasteiger partial charge is 0.462 e. The summed E-state index contributed by atoms with van der Waals surface area (Å²) in [5.41, 5.74) is 0. The number of hydrogen-bond acceptors (Lipinski definition) is 4. The van der Waals surface area contributed by atoms with Crippen LogP contribution in [0.3, 0.4) is 0 Å². The van der Waals surface area contributed by atoms with Gasteiger partial charge in [-0.15, -0.1) is 0 Å². The number of hydrogen-bond donors (Lipinski definition) is 0. The lowest BCUT2D eigenvalue weighted by atomic mass is 9.75. The maximum atomic E-state index is 12.1. The summed E-state index contributed by atoms with van der Waals surface area (Å²) in [7, 11) is 0. The van der Waals surface area contributed by atoms with Crippen LogP contribution in [-0.2, 0) is 14.3 Å². The molecule has 0 aromatic heterocycles. The Balaban J connectivity index is 1.86. The zero-order chi connectivity index (χ0) is 16.8. The average Bonchev–Trinajstić information content (AvgIpc) is 2.47. The molecule has 1 aromatic carbocycles. The molecule has 4 heteroatoms. The highest BCUT2D eigenvalue weighted by molar-refractivity contribution is 8.13. The van der Waals surface area contributed by atoms with Crippen molar-refractivity contribution in [3.05, 3.63) is 30.3 Å². The standard InChI is InChI=1S/C19H26O3S/c1-13(2)16-10-9-14(3)11-17(16)22-18(20)12-19(21)23-15-7-5-4-6-8-15/h4-8,13-14,16-17H,9-12H2,1-3H3. The Labute approximate surface area is 143 Å². The van der Waals surface area contributed by atoms with Crippen LogP contribution >= 0.6 is 11.8 Å². The van der Waals surface area contributed by atoms with E-state index in [2.05, 4.69) is 20.8 Å². The first kappa shape index (κ1) is 18.1. The molecule has 0 saturated heterocycles. The van der Waals surface area contributed by atoms with Crippen molar-refractivity contribution in [1.29, 1.82) is 0 Å². The molecule has 126 valence electrons. The number of carbonyl (C=O) groups excluding carboxylic acids is 2. The van der Waals surface area contributed by atoms with E-state index in [0.717, 1.165) is 29.5 Å². The molecule has 3 nitrogen and oxygen atoms in total. The van der Waals surface area contributed by atoms with Crippen LogP contribution in [0.15, 0.2) is 35.2 Å². The molecule has 1 aliphatic carbocycles. The Morgan fingerprint density at radius 1 is 1.22 bits per heavy atom. The second kappa shape index (κ2) is 8.53. The topological polar surface area (TPSA) is 43.4 Å². The fourth-order valence-electron chi connectivity index (χ4n) is 3.23. The van der Waals surface area contributed by atoms with Gasteiger partial charge in [0.2, 0.25) is 5.12 Å². The van der Waals surface area contributed by atoms with Crippen molar-refractivity contribution in [2.75, 3.05) is 0 Å². The van der Waals surface area contributed by atoms with Crippen LogP contribution in [0.5, 0.6) is 0 Å². The molecule has 23 heavy (non-hydrogen) atoms. The van der Waals surface area contributed by atoms with E-state index in [-0.39, 0.29) is 23.6 Å². The van der Waals surface area contributed by atoms with Gasteiger partial charge in [0.25, 0.3) is 0 Å². The van der Waals surface area contributed by atoms with E-state index in [1.807, 2.05) is 30.3 Å². The number of rotatable bonds is 5. The summed E-state index contributed by atoms with van der Waals surface area (Å²) < 4.78 is 5.67. The zero-order valence-corrected chi connectivity index (χ0v) is 15.0. The second-order valence-electron chi connectivity index (χ2n) is 6.82. The molecule has 0 radical (unpaired) electrons. The average molecular weight is 334 g/mol. The van der Waals surface area contributed by atoms with Gasteiger partial charge in [-0.05, 0) is 42.7 Å². The summed E-state index contributed by atoms with van der Waals surface area (Å²) in [6.45, 7) is 6.56.